The molecule has 0 spiro atoms. The number of amides is 1. The van der Waals surface area contributed by atoms with Gasteiger partial charge in [0, 0.05) is 24.7 Å². The lowest BCUT2D eigenvalue weighted by molar-refractivity contribution is -0.121. The number of aromatic nitrogens is 2. The van der Waals surface area contributed by atoms with Gasteiger partial charge >= 0.3 is 0 Å². The van der Waals surface area contributed by atoms with E-state index in [-0.39, 0.29) is 5.91 Å². The van der Waals surface area contributed by atoms with Crippen molar-refractivity contribution in [3.05, 3.63) is 17.0 Å². The third-order valence-corrected chi connectivity index (χ3v) is 4.39. The molecule has 1 heterocycles. The summed E-state index contributed by atoms with van der Waals surface area (Å²) < 4.78 is 2.09. The highest BCUT2D eigenvalue weighted by molar-refractivity contribution is 5.76. The molecule has 0 unspecified atom stereocenters. The number of carbonyl (C=O) groups is 1. The normalized spacial score (nSPS) is 15.9. The Bertz CT molecular complexity index is 484. The molecule has 1 fully saturated rings. The standard InChI is InChI=1S/C17H29N3O/c1-12(2)11-20-14(4)16(13(3)19-20)9-10-17(21)18-15-7-5-6-8-15/h12,15H,5-11H2,1-4H3,(H,18,21). The molecule has 118 valence electrons. The predicted molar refractivity (Wildman–Crippen MR) is 85.3 cm³/mol. The minimum Gasteiger partial charge on any atom is -0.353 e. The molecule has 0 atom stereocenters. The monoisotopic (exact) mass is 291 g/mol. The first-order valence-electron chi connectivity index (χ1n) is 8.29. The summed E-state index contributed by atoms with van der Waals surface area (Å²) >= 11 is 0. The third-order valence-electron chi connectivity index (χ3n) is 4.39. The van der Waals surface area contributed by atoms with Gasteiger partial charge < -0.3 is 5.32 Å². The van der Waals surface area contributed by atoms with Crippen molar-refractivity contribution < 1.29 is 4.79 Å². The van der Waals surface area contributed by atoms with Crippen LogP contribution in [0, 0.1) is 19.8 Å². The number of aryl methyl sites for hydroxylation is 1. The fourth-order valence-corrected chi connectivity index (χ4v) is 3.23. The number of nitrogens with one attached hydrogen (secondary N) is 1. The smallest absolute Gasteiger partial charge is 0.220 e. The van der Waals surface area contributed by atoms with Crippen LogP contribution in [0.25, 0.3) is 0 Å². The van der Waals surface area contributed by atoms with Crippen molar-refractivity contribution in [2.45, 2.75) is 78.8 Å². The summed E-state index contributed by atoms with van der Waals surface area (Å²) in [6.07, 6.45) is 6.18. The molecule has 1 aliphatic carbocycles. The molecule has 2 rings (SSSR count). The maximum Gasteiger partial charge on any atom is 0.220 e. The molecule has 1 N–H and O–H groups in total. The lowest BCUT2D eigenvalue weighted by Crippen LogP contribution is -2.32. The van der Waals surface area contributed by atoms with E-state index in [0.29, 0.717) is 18.4 Å². The van der Waals surface area contributed by atoms with E-state index in [0.717, 1.165) is 31.5 Å². The van der Waals surface area contributed by atoms with Crippen LogP contribution in [0.5, 0.6) is 0 Å². The highest BCUT2D eigenvalue weighted by atomic mass is 16.1. The maximum atomic E-state index is 12.0. The number of hydrogen-bond acceptors (Lipinski definition) is 2. The van der Waals surface area contributed by atoms with E-state index in [1.807, 2.05) is 6.92 Å². The molecule has 1 aromatic heterocycles. The second-order valence-corrected chi connectivity index (χ2v) is 6.77. The first-order valence-corrected chi connectivity index (χ1v) is 8.29. The summed E-state index contributed by atoms with van der Waals surface area (Å²) in [5.74, 6) is 0.777. The Labute approximate surface area is 128 Å². The maximum absolute atomic E-state index is 12.0. The van der Waals surface area contributed by atoms with E-state index >= 15 is 0 Å². The zero-order valence-electron chi connectivity index (χ0n) is 13.9. The topological polar surface area (TPSA) is 46.9 Å². The van der Waals surface area contributed by atoms with Gasteiger partial charge in [0.1, 0.15) is 0 Å². The predicted octanol–water partition coefficient (Wildman–Crippen LogP) is 3.15. The first kappa shape index (κ1) is 16.1. The summed E-state index contributed by atoms with van der Waals surface area (Å²) in [5, 5.41) is 7.78. The van der Waals surface area contributed by atoms with Gasteiger partial charge in [0.05, 0.1) is 5.69 Å². The molecular weight excluding hydrogens is 262 g/mol. The molecule has 0 aromatic carbocycles. The van der Waals surface area contributed by atoms with Gasteiger partial charge in [0.25, 0.3) is 0 Å². The lowest BCUT2D eigenvalue weighted by Gasteiger charge is -2.12. The molecule has 1 aliphatic rings. The Morgan fingerprint density at radius 3 is 2.62 bits per heavy atom. The molecule has 0 bridgehead atoms. The number of carbonyl (C=O) groups excluding carboxylic acids is 1. The third kappa shape index (κ3) is 4.32. The molecule has 0 saturated heterocycles. The molecule has 0 radical (unpaired) electrons. The van der Waals surface area contributed by atoms with Gasteiger partial charge in [-0.2, -0.15) is 5.10 Å². The molecule has 1 saturated carbocycles. The van der Waals surface area contributed by atoms with Crippen molar-refractivity contribution in [2.24, 2.45) is 5.92 Å². The second-order valence-electron chi connectivity index (χ2n) is 6.77. The summed E-state index contributed by atoms with van der Waals surface area (Å²) in [7, 11) is 0. The molecule has 4 heteroatoms. The summed E-state index contributed by atoms with van der Waals surface area (Å²) in [6, 6.07) is 0.420. The van der Waals surface area contributed by atoms with Crippen molar-refractivity contribution >= 4 is 5.91 Å². The van der Waals surface area contributed by atoms with E-state index < -0.39 is 0 Å². The van der Waals surface area contributed by atoms with Gasteiger partial charge in [-0.1, -0.05) is 26.7 Å². The van der Waals surface area contributed by atoms with Crippen molar-refractivity contribution in [1.82, 2.24) is 15.1 Å². The number of rotatable bonds is 6. The van der Waals surface area contributed by atoms with Crippen LogP contribution in [-0.4, -0.2) is 21.7 Å². The van der Waals surface area contributed by atoms with Crippen LogP contribution in [0.15, 0.2) is 0 Å². The van der Waals surface area contributed by atoms with Crippen molar-refractivity contribution in [2.75, 3.05) is 0 Å². The van der Waals surface area contributed by atoms with Gasteiger partial charge in [-0.25, -0.2) is 0 Å². The van der Waals surface area contributed by atoms with Gasteiger partial charge in [0.15, 0.2) is 0 Å². The van der Waals surface area contributed by atoms with Crippen LogP contribution in [0.3, 0.4) is 0 Å². The lowest BCUT2D eigenvalue weighted by atomic mass is 10.1. The summed E-state index contributed by atoms with van der Waals surface area (Å²) in [5.41, 5.74) is 3.54. The van der Waals surface area contributed by atoms with Crippen LogP contribution in [-0.2, 0) is 17.8 Å². The summed E-state index contributed by atoms with van der Waals surface area (Å²) in [6.45, 7) is 9.51. The zero-order chi connectivity index (χ0) is 15.4. The second kappa shape index (κ2) is 7.10. The highest BCUT2D eigenvalue weighted by Gasteiger charge is 2.18. The fourth-order valence-electron chi connectivity index (χ4n) is 3.23. The van der Waals surface area contributed by atoms with Crippen molar-refractivity contribution in [1.29, 1.82) is 0 Å². The van der Waals surface area contributed by atoms with Gasteiger partial charge in [-0.05, 0) is 44.6 Å². The van der Waals surface area contributed by atoms with E-state index in [2.05, 4.69) is 35.9 Å². The highest BCUT2D eigenvalue weighted by Crippen LogP contribution is 2.19. The molecular formula is C17H29N3O. The SMILES string of the molecule is Cc1nn(CC(C)C)c(C)c1CCC(=O)NC1CCCC1. The van der Waals surface area contributed by atoms with Crippen molar-refractivity contribution in [3.8, 4) is 0 Å². The van der Waals surface area contributed by atoms with Gasteiger partial charge in [-0.3, -0.25) is 9.48 Å². The molecule has 1 aromatic rings. The molecule has 21 heavy (non-hydrogen) atoms. The first-order chi connectivity index (χ1) is 9.97. The quantitative estimate of drug-likeness (QED) is 0.875. The average Bonchev–Trinajstić information content (AvgIpc) is 2.97. The molecule has 4 nitrogen and oxygen atoms in total. The fraction of sp³-hybridized carbons (Fsp3) is 0.765. The zero-order valence-corrected chi connectivity index (χ0v) is 13.9. The Morgan fingerprint density at radius 2 is 2.00 bits per heavy atom. The average molecular weight is 291 g/mol. The van der Waals surface area contributed by atoms with Crippen LogP contribution in [0.2, 0.25) is 0 Å². The number of hydrogen-bond donors (Lipinski definition) is 1. The Morgan fingerprint density at radius 1 is 1.33 bits per heavy atom. The summed E-state index contributed by atoms with van der Waals surface area (Å²) in [4.78, 5) is 12.0. The van der Waals surface area contributed by atoms with E-state index in [1.54, 1.807) is 0 Å². The Kier molecular flexibility index (Phi) is 5.43. The minimum absolute atomic E-state index is 0.192. The largest absolute Gasteiger partial charge is 0.353 e. The van der Waals surface area contributed by atoms with E-state index in [4.69, 9.17) is 0 Å². The Hall–Kier alpha value is -1.32. The molecule has 0 aliphatic heterocycles. The van der Waals surface area contributed by atoms with Crippen molar-refractivity contribution in [3.63, 3.8) is 0 Å². The Balaban J connectivity index is 1.90. The van der Waals surface area contributed by atoms with E-state index in [1.165, 1.54) is 24.1 Å². The van der Waals surface area contributed by atoms with Crippen LogP contribution in [0.1, 0.15) is 62.9 Å². The number of nitrogens with zero attached hydrogens (tertiary/aromatic N) is 2. The van der Waals surface area contributed by atoms with Crippen LogP contribution < -0.4 is 5.32 Å². The van der Waals surface area contributed by atoms with Crippen LogP contribution in [0.4, 0.5) is 0 Å². The van der Waals surface area contributed by atoms with Crippen LogP contribution >= 0.6 is 0 Å². The van der Waals surface area contributed by atoms with Gasteiger partial charge in [-0.15, -0.1) is 0 Å². The molecule has 1 amide bonds. The van der Waals surface area contributed by atoms with E-state index in [9.17, 15) is 4.79 Å². The van der Waals surface area contributed by atoms with Gasteiger partial charge in [0.2, 0.25) is 5.91 Å². The minimum atomic E-state index is 0.192.